The van der Waals surface area contributed by atoms with Gasteiger partial charge in [0.25, 0.3) is 0 Å². The topological polar surface area (TPSA) is 53.6 Å². The molecular weight excluding hydrogens is 328 g/mol. The van der Waals surface area contributed by atoms with Crippen molar-refractivity contribution >= 4 is 45.1 Å². The van der Waals surface area contributed by atoms with E-state index in [4.69, 9.17) is 0 Å². The van der Waals surface area contributed by atoms with Crippen LogP contribution >= 0.6 is 11.8 Å². The summed E-state index contributed by atoms with van der Waals surface area (Å²) in [5, 5.41) is 13.1. The van der Waals surface area contributed by atoms with Crippen LogP contribution in [0.15, 0.2) is 59.6 Å². The summed E-state index contributed by atoms with van der Waals surface area (Å²) in [6, 6.07) is 16.5. The number of hydrogen-bond acceptors (Lipinski definition) is 4. The van der Waals surface area contributed by atoms with Crippen LogP contribution in [0.2, 0.25) is 0 Å². The maximum Gasteiger partial charge on any atom is 0.160 e. The third-order valence-corrected chi connectivity index (χ3v) is 4.96. The number of thioether (sulfide) groups is 1. The molecule has 0 amide bonds. The molecule has 0 aliphatic heterocycles. The second-order valence-electron chi connectivity index (χ2n) is 6.99. The van der Waals surface area contributed by atoms with Crippen molar-refractivity contribution in [3.05, 3.63) is 54.7 Å². The molecule has 0 radical (unpaired) electrons. The molecule has 0 unspecified atom stereocenters. The third kappa shape index (κ3) is 3.33. The van der Waals surface area contributed by atoms with E-state index in [1.165, 1.54) is 4.90 Å². The molecule has 2 aromatic heterocycles. The molecule has 5 heteroatoms. The van der Waals surface area contributed by atoms with Gasteiger partial charge in [0, 0.05) is 26.6 Å². The Labute approximate surface area is 151 Å². The molecule has 0 saturated heterocycles. The van der Waals surface area contributed by atoms with Crippen LogP contribution in [-0.2, 0) is 0 Å². The average Bonchev–Trinajstić information content (AvgIpc) is 2.97. The van der Waals surface area contributed by atoms with Gasteiger partial charge in [0.05, 0.1) is 16.7 Å². The van der Waals surface area contributed by atoms with Gasteiger partial charge in [0.1, 0.15) is 0 Å². The van der Waals surface area contributed by atoms with Gasteiger partial charge in [0.2, 0.25) is 0 Å². The van der Waals surface area contributed by atoms with Crippen LogP contribution < -0.4 is 5.32 Å². The van der Waals surface area contributed by atoms with Crippen LogP contribution in [0.3, 0.4) is 0 Å². The number of aromatic amines is 1. The number of anilines is 2. The number of nitrogens with one attached hydrogen (secondary N) is 2. The number of rotatable bonds is 3. The molecule has 126 valence electrons. The molecule has 25 heavy (non-hydrogen) atoms. The highest BCUT2D eigenvalue weighted by molar-refractivity contribution is 8.00. The molecule has 0 fully saturated rings. The first-order valence-corrected chi connectivity index (χ1v) is 9.09. The van der Waals surface area contributed by atoms with Gasteiger partial charge in [-0.05, 0) is 36.4 Å². The number of aromatic nitrogens is 3. The lowest BCUT2D eigenvalue weighted by Crippen LogP contribution is -2.06. The lowest BCUT2D eigenvalue weighted by Gasteiger charge is -2.18. The highest BCUT2D eigenvalue weighted by atomic mass is 32.2. The van der Waals surface area contributed by atoms with E-state index in [1.54, 1.807) is 0 Å². The fourth-order valence-corrected chi connectivity index (χ4v) is 3.86. The Morgan fingerprint density at radius 3 is 2.68 bits per heavy atom. The predicted octanol–water partition coefficient (Wildman–Crippen LogP) is 5.75. The van der Waals surface area contributed by atoms with E-state index in [-0.39, 0.29) is 4.75 Å². The minimum absolute atomic E-state index is 0.169. The van der Waals surface area contributed by atoms with Crippen LogP contribution in [0.4, 0.5) is 11.5 Å². The maximum absolute atomic E-state index is 4.49. The third-order valence-electron chi connectivity index (χ3n) is 3.86. The van der Waals surface area contributed by atoms with Crippen molar-refractivity contribution in [1.82, 2.24) is 15.2 Å². The molecule has 0 spiro atoms. The molecular formula is C20H20N4S. The molecule has 4 rings (SSSR count). The zero-order valence-corrected chi connectivity index (χ0v) is 15.3. The summed E-state index contributed by atoms with van der Waals surface area (Å²) >= 11 is 1.86. The van der Waals surface area contributed by atoms with Crippen LogP contribution in [-0.4, -0.2) is 19.9 Å². The van der Waals surface area contributed by atoms with Crippen molar-refractivity contribution in [3.63, 3.8) is 0 Å². The Bertz CT molecular complexity index is 1050. The summed E-state index contributed by atoms with van der Waals surface area (Å²) in [4.78, 5) is 5.73. The summed E-state index contributed by atoms with van der Waals surface area (Å²) in [6.07, 6.45) is 1.83. The molecule has 0 aliphatic carbocycles. The Balaban J connectivity index is 1.77. The highest BCUT2D eigenvalue weighted by Gasteiger charge is 2.14. The molecule has 0 atom stereocenters. The van der Waals surface area contributed by atoms with E-state index >= 15 is 0 Å². The summed E-state index contributed by atoms with van der Waals surface area (Å²) in [5.41, 5.74) is 3.01. The smallest absolute Gasteiger partial charge is 0.160 e. The number of para-hydroxylation sites is 1. The van der Waals surface area contributed by atoms with Crippen molar-refractivity contribution in [2.75, 3.05) is 5.32 Å². The summed E-state index contributed by atoms with van der Waals surface area (Å²) in [5.74, 6) is 0.831. The second-order valence-corrected chi connectivity index (χ2v) is 8.89. The molecule has 0 bridgehead atoms. The van der Waals surface area contributed by atoms with E-state index in [9.17, 15) is 0 Å². The first-order chi connectivity index (χ1) is 12.0. The van der Waals surface area contributed by atoms with E-state index in [0.29, 0.717) is 0 Å². The minimum Gasteiger partial charge on any atom is -0.338 e. The van der Waals surface area contributed by atoms with Gasteiger partial charge in [-0.2, -0.15) is 5.10 Å². The SMILES string of the molecule is CC(C)(C)Sc1ccc2nccc(Nc3n[nH]c4ccccc34)c2c1. The summed E-state index contributed by atoms with van der Waals surface area (Å²) in [7, 11) is 0. The number of pyridine rings is 1. The van der Waals surface area contributed by atoms with Crippen molar-refractivity contribution in [2.24, 2.45) is 0 Å². The zero-order chi connectivity index (χ0) is 17.4. The van der Waals surface area contributed by atoms with Gasteiger partial charge >= 0.3 is 0 Å². The number of fused-ring (bicyclic) bond motifs is 2. The standard InChI is InChI=1S/C20H20N4S/c1-20(2,3)25-13-8-9-16-15(12-13)17(10-11-21-16)22-19-14-6-4-5-7-18(14)23-24-19/h4-12H,1-3H3,(H2,21,22,23,24). The number of nitrogens with zero attached hydrogens (tertiary/aromatic N) is 2. The van der Waals surface area contributed by atoms with E-state index in [0.717, 1.165) is 33.3 Å². The van der Waals surface area contributed by atoms with Gasteiger partial charge in [-0.15, -0.1) is 11.8 Å². The quantitative estimate of drug-likeness (QED) is 0.463. The fraction of sp³-hybridized carbons (Fsp3) is 0.200. The van der Waals surface area contributed by atoms with Gasteiger partial charge in [-0.25, -0.2) is 0 Å². The highest BCUT2D eigenvalue weighted by Crippen LogP contribution is 2.35. The number of hydrogen-bond donors (Lipinski definition) is 2. The average molecular weight is 348 g/mol. The molecule has 2 aromatic carbocycles. The normalized spacial score (nSPS) is 12.0. The molecule has 0 aliphatic rings. The monoisotopic (exact) mass is 348 g/mol. The Morgan fingerprint density at radius 1 is 1.00 bits per heavy atom. The Hall–Kier alpha value is -2.53. The van der Waals surface area contributed by atoms with E-state index in [2.05, 4.69) is 65.5 Å². The number of H-pyrrole nitrogens is 1. The van der Waals surface area contributed by atoms with E-state index in [1.807, 2.05) is 42.2 Å². The van der Waals surface area contributed by atoms with Gasteiger partial charge < -0.3 is 5.32 Å². The van der Waals surface area contributed by atoms with Crippen LogP contribution in [0.25, 0.3) is 21.8 Å². The fourth-order valence-electron chi connectivity index (χ4n) is 2.84. The van der Waals surface area contributed by atoms with Gasteiger partial charge in [0.15, 0.2) is 5.82 Å². The maximum atomic E-state index is 4.49. The summed E-state index contributed by atoms with van der Waals surface area (Å²) < 4.78 is 0.169. The summed E-state index contributed by atoms with van der Waals surface area (Å²) in [6.45, 7) is 6.67. The second kappa shape index (κ2) is 6.08. The molecule has 0 saturated carbocycles. The van der Waals surface area contributed by atoms with Crippen molar-refractivity contribution in [1.29, 1.82) is 0 Å². The molecule has 2 N–H and O–H groups in total. The zero-order valence-electron chi connectivity index (χ0n) is 14.5. The van der Waals surface area contributed by atoms with Crippen molar-refractivity contribution in [2.45, 2.75) is 30.4 Å². The molecule has 2 heterocycles. The Kier molecular flexibility index (Phi) is 3.88. The van der Waals surface area contributed by atoms with Gasteiger partial charge in [-0.3, -0.25) is 10.1 Å². The van der Waals surface area contributed by atoms with Crippen LogP contribution in [0.5, 0.6) is 0 Å². The number of benzene rings is 2. The molecule has 4 aromatic rings. The lowest BCUT2D eigenvalue weighted by molar-refractivity contribution is 0.803. The molecule has 4 nitrogen and oxygen atoms in total. The predicted molar refractivity (Wildman–Crippen MR) is 107 cm³/mol. The lowest BCUT2D eigenvalue weighted by atomic mass is 10.2. The van der Waals surface area contributed by atoms with Crippen LogP contribution in [0, 0.1) is 0 Å². The first kappa shape index (κ1) is 16.0. The van der Waals surface area contributed by atoms with E-state index < -0.39 is 0 Å². The van der Waals surface area contributed by atoms with Gasteiger partial charge in [-0.1, -0.05) is 32.9 Å². The Morgan fingerprint density at radius 2 is 1.84 bits per heavy atom. The largest absolute Gasteiger partial charge is 0.338 e. The van der Waals surface area contributed by atoms with Crippen LogP contribution in [0.1, 0.15) is 20.8 Å². The van der Waals surface area contributed by atoms with Crippen molar-refractivity contribution in [3.8, 4) is 0 Å². The first-order valence-electron chi connectivity index (χ1n) is 8.27. The van der Waals surface area contributed by atoms with Crippen molar-refractivity contribution < 1.29 is 0 Å². The minimum atomic E-state index is 0.169.